The molecule has 0 aliphatic heterocycles. The molecule has 4 nitrogen and oxygen atoms in total. The van der Waals surface area contributed by atoms with E-state index in [9.17, 15) is 9.90 Å². The molecule has 0 atom stereocenters. The smallest absolute Gasteiger partial charge is 0.236 e. The van der Waals surface area contributed by atoms with Gasteiger partial charge in [0.25, 0.3) is 0 Å². The molecule has 0 radical (unpaired) electrons. The summed E-state index contributed by atoms with van der Waals surface area (Å²) in [5, 5.41) is 12.7. The van der Waals surface area contributed by atoms with E-state index in [2.05, 4.69) is 5.32 Å². The van der Waals surface area contributed by atoms with Crippen LogP contribution in [0.25, 0.3) is 0 Å². The third-order valence-corrected chi connectivity index (χ3v) is 3.92. The first-order valence-electron chi connectivity index (χ1n) is 6.77. The van der Waals surface area contributed by atoms with E-state index in [-0.39, 0.29) is 18.1 Å². The third-order valence-electron chi connectivity index (χ3n) is 3.92. The molecule has 1 aliphatic carbocycles. The van der Waals surface area contributed by atoms with Crippen LogP contribution in [0.15, 0.2) is 0 Å². The first-order chi connectivity index (χ1) is 8.12. The predicted octanol–water partition coefficient (Wildman–Crippen LogP) is 1.14. The Kier molecular flexibility index (Phi) is 5.40. The first-order valence-corrected chi connectivity index (χ1v) is 6.77. The molecule has 0 aromatic heterocycles. The summed E-state index contributed by atoms with van der Waals surface area (Å²) in [6, 6.07) is 0.473. The maximum atomic E-state index is 12.0. The van der Waals surface area contributed by atoms with E-state index < -0.39 is 0 Å². The number of aliphatic hydroxyl groups is 1. The zero-order chi connectivity index (χ0) is 12.9. The normalized spacial score (nSPS) is 16.0. The monoisotopic (exact) mass is 242 g/mol. The molecule has 0 heterocycles. The van der Waals surface area contributed by atoms with Crippen LogP contribution in [0.3, 0.4) is 0 Å². The lowest BCUT2D eigenvalue weighted by molar-refractivity contribution is -0.131. The molecule has 0 aromatic carbocycles. The Labute approximate surface area is 104 Å². The van der Waals surface area contributed by atoms with Crippen molar-refractivity contribution < 1.29 is 9.90 Å². The molecule has 0 spiro atoms. The lowest BCUT2D eigenvalue weighted by Gasteiger charge is -2.32. The van der Waals surface area contributed by atoms with Gasteiger partial charge in [-0.25, -0.2) is 0 Å². The highest BCUT2D eigenvalue weighted by Crippen LogP contribution is 2.26. The molecule has 0 bridgehead atoms. The number of carbonyl (C=O) groups excluding carboxylic acids is 1. The van der Waals surface area contributed by atoms with Gasteiger partial charge in [0, 0.05) is 18.1 Å². The fraction of sp³-hybridized carbons (Fsp3) is 0.923. The highest BCUT2D eigenvalue weighted by atomic mass is 16.3. The Hall–Kier alpha value is -0.610. The minimum Gasteiger partial charge on any atom is -0.394 e. The van der Waals surface area contributed by atoms with Crippen LogP contribution < -0.4 is 5.32 Å². The molecule has 1 amide bonds. The number of hydrogen-bond acceptors (Lipinski definition) is 3. The Morgan fingerprint density at radius 1 is 1.35 bits per heavy atom. The number of nitrogens with zero attached hydrogens (tertiary/aromatic N) is 1. The van der Waals surface area contributed by atoms with Gasteiger partial charge in [-0.15, -0.1) is 0 Å². The number of nitrogens with one attached hydrogen (secondary N) is 1. The SMILES string of the molecule is CCN(C(=O)CNC(CC)(CC)CO)C1CC1. The van der Waals surface area contributed by atoms with E-state index in [1.165, 1.54) is 0 Å². The molecule has 2 N–H and O–H groups in total. The number of likely N-dealkylation sites (N-methyl/N-ethyl adjacent to an activating group) is 1. The van der Waals surface area contributed by atoms with Crippen LogP contribution >= 0.6 is 0 Å². The van der Waals surface area contributed by atoms with Crippen molar-refractivity contribution in [1.82, 2.24) is 10.2 Å². The molecule has 100 valence electrons. The summed E-state index contributed by atoms with van der Waals surface area (Å²) in [6.07, 6.45) is 3.96. The van der Waals surface area contributed by atoms with Crippen molar-refractivity contribution >= 4 is 5.91 Å². The van der Waals surface area contributed by atoms with Gasteiger partial charge in [-0.2, -0.15) is 0 Å². The highest BCUT2D eigenvalue weighted by Gasteiger charge is 2.32. The summed E-state index contributed by atoms with van der Waals surface area (Å²) in [5.74, 6) is 0.162. The Morgan fingerprint density at radius 3 is 2.29 bits per heavy atom. The van der Waals surface area contributed by atoms with Crippen LogP contribution in [0, 0.1) is 0 Å². The second-order valence-corrected chi connectivity index (χ2v) is 4.91. The highest BCUT2D eigenvalue weighted by molar-refractivity contribution is 5.79. The molecule has 0 aromatic rings. The molecule has 0 saturated heterocycles. The van der Waals surface area contributed by atoms with Crippen LogP contribution in [0.1, 0.15) is 46.5 Å². The van der Waals surface area contributed by atoms with Crippen molar-refractivity contribution in [2.45, 2.75) is 58.0 Å². The Balaban J connectivity index is 2.44. The molecule has 1 aliphatic rings. The van der Waals surface area contributed by atoms with Crippen LogP contribution in [-0.4, -0.2) is 47.2 Å². The number of aliphatic hydroxyl groups excluding tert-OH is 1. The molecule has 1 rings (SSSR count). The van der Waals surface area contributed by atoms with Crippen LogP contribution in [-0.2, 0) is 4.79 Å². The average Bonchev–Trinajstić information content (AvgIpc) is 3.17. The predicted molar refractivity (Wildman–Crippen MR) is 68.8 cm³/mol. The van der Waals surface area contributed by atoms with Gasteiger partial charge >= 0.3 is 0 Å². The van der Waals surface area contributed by atoms with Crippen molar-refractivity contribution in [2.24, 2.45) is 0 Å². The number of rotatable bonds is 8. The van der Waals surface area contributed by atoms with E-state index in [1.54, 1.807) is 0 Å². The summed E-state index contributed by atoms with van der Waals surface area (Å²) in [7, 11) is 0. The van der Waals surface area contributed by atoms with Crippen molar-refractivity contribution in [3.05, 3.63) is 0 Å². The van der Waals surface area contributed by atoms with Crippen molar-refractivity contribution in [3.8, 4) is 0 Å². The molecule has 1 fully saturated rings. The minimum absolute atomic E-state index is 0.0861. The van der Waals surface area contributed by atoms with Gasteiger partial charge in [0.2, 0.25) is 5.91 Å². The first kappa shape index (κ1) is 14.5. The molecule has 4 heteroatoms. The second kappa shape index (κ2) is 6.36. The van der Waals surface area contributed by atoms with Crippen LogP contribution in [0.4, 0.5) is 0 Å². The van der Waals surface area contributed by atoms with Crippen LogP contribution in [0.2, 0.25) is 0 Å². The fourth-order valence-corrected chi connectivity index (χ4v) is 2.17. The topological polar surface area (TPSA) is 52.6 Å². The van der Waals surface area contributed by atoms with Gasteiger partial charge < -0.3 is 15.3 Å². The zero-order valence-corrected chi connectivity index (χ0v) is 11.3. The van der Waals surface area contributed by atoms with E-state index in [4.69, 9.17) is 0 Å². The average molecular weight is 242 g/mol. The van der Waals surface area contributed by atoms with Gasteiger partial charge in [0.1, 0.15) is 0 Å². The standard InChI is InChI=1S/C13H26N2O2/c1-4-13(5-2,10-16)14-9-12(17)15(6-3)11-7-8-11/h11,14,16H,4-10H2,1-3H3. The number of hydrogen-bond donors (Lipinski definition) is 2. The van der Waals surface area contributed by atoms with Crippen molar-refractivity contribution in [1.29, 1.82) is 0 Å². The zero-order valence-electron chi connectivity index (χ0n) is 11.3. The molecule has 17 heavy (non-hydrogen) atoms. The summed E-state index contributed by atoms with van der Waals surface area (Å²) < 4.78 is 0. The Morgan fingerprint density at radius 2 is 1.94 bits per heavy atom. The van der Waals surface area contributed by atoms with Gasteiger partial charge in [0.05, 0.1) is 13.2 Å². The summed E-state index contributed by atoms with van der Waals surface area (Å²) in [5.41, 5.74) is -0.293. The fourth-order valence-electron chi connectivity index (χ4n) is 2.17. The maximum absolute atomic E-state index is 12.0. The van der Waals surface area contributed by atoms with Gasteiger partial charge in [-0.05, 0) is 32.6 Å². The minimum atomic E-state index is -0.293. The second-order valence-electron chi connectivity index (χ2n) is 4.91. The number of carbonyl (C=O) groups is 1. The van der Waals surface area contributed by atoms with Gasteiger partial charge in [-0.3, -0.25) is 4.79 Å². The summed E-state index contributed by atoms with van der Waals surface area (Å²) >= 11 is 0. The lowest BCUT2D eigenvalue weighted by atomic mass is 9.94. The molecule has 0 unspecified atom stereocenters. The number of amides is 1. The molecular weight excluding hydrogens is 216 g/mol. The van der Waals surface area contributed by atoms with E-state index >= 15 is 0 Å². The Bertz CT molecular complexity index is 240. The third kappa shape index (κ3) is 3.68. The van der Waals surface area contributed by atoms with Crippen LogP contribution in [0.5, 0.6) is 0 Å². The molecule has 1 saturated carbocycles. The molecular formula is C13H26N2O2. The van der Waals surface area contributed by atoms with Crippen molar-refractivity contribution in [3.63, 3.8) is 0 Å². The quantitative estimate of drug-likeness (QED) is 0.671. The van der Waals surface area contributed by atoms with Crippen molar-refractivity contribution in [2.75, 3.05) is 19.7 Å². The van der Waals surface area contributed by atoms with Gasteiger partial charge in [0.15, 0.2) is 0 Å². The largest absolute Gasteiger partial charge is 0.394 e. The summed E-state index contributed by atoms with van der Waals surface area (Å²) in [6.45, 7) is 7.31. The maximum Gasteiger partial charge on any atom is 0.236 e. The van der Waals surface area contributed by atoms with Gasteiger partial charge in [-0.1, -0.05) is 13.8 Å². The van der Waals surface area contributed by atoms with E-state index in [1.807, 2.05) is 25.7 Å². The lowest BCUT2D eigenvalue weighted by Crippen LogP contribution is -2.52. The van der Waals surface area contributed by atoms with E-state index in [0.29, 0.717) is 12.6 Å². The van der Waals surface area contributed by atoms with E-state index in [0.717, 1.165) is 32.2 Å². The summed E-state index contributed by atoms with van der Waals surface area (Å²) in [4.78, 5) is 14.0.